The highest BCUT2D eigenvalue weighted by Crippen LogP contribution is 2.26. The summed E-state index contributed by atoms with van der Waals surface area (Å²) in [4.78, 5) is 15.7. The Hall–Kier alpha value is -2.01. The first-order valence-corrected chi connectivity index (χ1v) is 6.19. The number of benzene rings is 1. The van der Waals surface area contributed by atoms with Crippen LogP contribution in [0.1, 0.15) is 28.4 Å². The van der Waals surface area contributed by atoms with Gasteiger partial charge in [-0.2, -0.15) is 0 Å². The molecule has 5 heteroatoms. The van der Waals surface area contributed by atoms with Crippen molar-refractivity contribution in [1.82, 2.24) is 10.3 Å². The molecule has 1 unspecified atom stereocenters. The minimum Gasteiger partial charge on any atom is -0.478 e. The lowest BCUT2D eigenvalue weighted by Crippen LogP contribution is -2.10. The van der Waals surface area contributed by atoms with E-state index >= 15 is 0 Å². The lowest BCUT2D eigenvalue weighted by Gasteiger charge is -2.11. The first-order chi connectivity index (χ1) is 9.15. The van der Waals surface area contributed by atoms with Crippen molar-refractivity contribution in [3.05, 3.63) is 41.3 Å². The predicted molar refractivity (Wildman–Crippen MR) is 68.9 cm³/mol. The van der Waals surface area contributed by atoms with Crippen LogP contribution in [0.5, 0.6) is 0 Å². The summed E-state index contributed by atoms with van der Waals surface area (Å²) in [5.74, 6) is -1.21. The highest BCUT2D eigenvalue weighted by molar-refractivity contribution is 6.02. The Bertz CT molecular complexity index is 651. The number of rotatable bonds is 2. The highest BCUT2D eigenvalue weighted by Gasteiger charge is 2.21. The summed E-state index contributed by atoms with van der Waals surface area (Å²) in [6.07, 6.45) is 0.923. The van der Waals surface area contributed by atoms with Crippen LogP contribution in [0.4, 0.5) is 4.39 Å². The van der Waals surface area contributed by atoms with Gasteiger partial charge in [0.15, 0.2) is 0 Å². The van der Waals surface area contributed by atoms with Crippen LogP contribution >= 0.6 is 0 Å². The zero-order valence-electron chi connectivity index (χ0n) is 10.2. The second kappa shape index (κ2) is 4.59. The van der Waals surface area contributed by atoms with Gasteiger partial charge in [0.05, 0.1) is 11.1 Å². The number of pyridine rings is 1. The maximum Gasteiger partial charge on any atom is 0.336 e. The second-order valence-electron chi connectivity index (χ2n) is 4.75. The Balaban J connectivity index is 2.21. The summed E-state index contributed by atoms with van der Waals surface area (Å²) in [7, 11) is 0. The van der Waals surface area contributed by atoms with E-state index in [0.717, 1.165) is 25.2 Å². The fraction of sp³-hybridized carbons (Fsp3) is 0.286. The normalized spacial score (nSPS) is 18.9. The molecule has 1 aromatic heterocycles. The zero-order chi connectivity index (χ0) is 13.4. The molecule has 98 valence electrons. The van der Waals surface area contributed by atoms with Gasteiger partial charge in [0.1, 0.15) is 5.82 Å². The number of carbonyl (C=O) groups is 1. The topological polar surface area (TPSA) is 62.2 Å². The van der Waals surface area contributed by atoms with Gasteiger partial charge in [0.2, 0.25) is 0 Å². The second-order valence-corrected chi connectivity index (χ2v) is 4.75. The standard InChI is InChI=1S/C14H13FN2O2/c15-9-1-2-10-11(14(18)19)6-12(17-13(10)5-9)8-3-4-16-7-8/h1-2,5-6,8,16H,3-4,7H2,(H,18,19). The maximum absolute atomic E-state index is 13.3. The van der Waals surface area contributed by atoms with Crippen LogP contribution in [0.25, 0.3) is 10.9 Å². The third-order valence-corrected chi connectivity index (χ3v) is 3.50. The molecule has 1 aromatic carbocycles. The number of hydrogen-bond donors (Lipinski definition) is 2. The highest BCUT2D eigenvalue weighted by atomic mass is 19.1. The van der Waals surface area contributed by atoms with Crippen LogP contribution < -0.4 is 5.32 Å². The molecule has 4 nitrogen and oxygen atoms in total. The fourth-order valence-electron chi connectivity index (χ4n) is 2.52. The first kappa shape index (κ1) is 12.0. The molecule has 1 aliphatic rings. The Labute approximate surface area is 109 Å². The van der Waals surface area contributed by atoms with Crippen molar-refractivity contribution in [3.8, 4) is 0 Å². The molecule has 2 N–H and O–H groups in total. The van der Waals surface area contributed by atoms with Crippen molar-refractivity contribution < 1.29 is 14.3 Å². The number of halogens is 1. The summed E-state index contributed by atoms with van der Waals surface area (Å²) >= 11 is 0. The molecule has 0 aliphatic carbocycles. The molecule has 2 aromatic rings. The van der Waals surface area contributed by atoms with Gasteiger partial charge < -0.3 is 10.4 Å². The minimum atomic E-state index is -1.01. The number of fused-ring (bicyclic) bond motifs is 1. The summed E-state index contributed by atoms with van der Waals surface area (Å²) in [5.41, 5.74) is 1.31. The molecule has 0 saturated carbocycles. The molecular weight excluding hydrogens is 247 g/mol. The zero-order valence-corrected chi connectivity index (χ0v) is 10.2. The minimum absolute atomic E-state index is 0.187. The monoisotopic (exact) mass is 260 g/mol. The summed E-state index contributed by atoms with van der Waals surface area (Å²) in [5, 5.41) is 13.0. The fourth-order valence-corrected chi connectivity index (χ4v) is 2.52. The quantitative estimate of drug-likeness (QED) is 0.868. The Morgan fingerprint density at radius 2 is 2.26 bits per heavy atom. The predicted octanol–water partition coefficient (Wildman–Crippen LogP) is 2.15. The average Bonchev–Trinajstić information content (AvgIpc) is 2.90. The number of aromatic nitrogens is 1. The van der Waals surface area contributed by atoms with Gasteiger partial charge in [-0.1, -0.05) is 0 Å². The number of aromatic carboxylic acids is 1. The number of carboxylic acids is 1. The lowest BCUT2D eigenvalue weighted by atomic mass is 9.99. The lowest BCUT2D eigenvalue weighted by molar-refractivity contribution is 0.0699. The van der Waals surface area contributed by atoms with E-state index in [2.05, 4.69) is 10.3 Å². The Morgan fingerprint density at radius 3 is 2.95 bits per heavy atom. The van der Waals surface area contributed by atoms with Gasteiger partial charge in [0.25, 0.3) is 0 Å². The van der Waals surface area contributed by atoms with E-state index in [1.807, 2.05) is 0 Å². The van der Waals surface area contributed by atoms with Gasteiger partial charge in [-0.25, -0.2) is 9.18 Å². The third kappa shape index (κ3) is 2.17. The van der Waals surface area contributed by atoms with Crippen molar-refractivity contribution >= 4 is 16.9 Å². The van der Waals surface area contributed by atoms with E-state index in [1.54, 1.807) is 6.07 Å². The molecule has 1 fully saturated rings. The van der Waals surface area contributed by atoms with Crippen molar-refractivity contribution in [2.45, 2.75) is 12.3 Å². The van der Waals surface area contributed by atoms with E-state index in [0.29, 0.717) is 10.9 Å². The van der Waals surface area contributed by atoms with E-state index in [-0.39, 0.29) is 11.5 Å². The van der Waals surface area contributed by atoms with Gasteiger partial charge in [-0.15, -0.1) is 0 Å². The molecule has 19 heavy (non-hydrogen) atoms. The summed E-state index contributed by atoms with van der Waals surface area (Å²) in [6, 6.07) is 5.62. The van der Waals surface area contributed by atoms with Gasteiger partial charge in [-0.3, -0.25) is 4.98 Å². The number of nitrogens with one attached hydrogen (secondary N) is 1. The molecular formula is C14H13FN2O2. The first-order valence-electron chi connectivity index (χ1n) is 6.19. The van der Waals surface area contributed by atoms with Crippen molar-refractivity contribution in [2.75, 3.05) is 13.1 Å². The molecule has 0 radical (unpaired) electrons. The van der Waals surface area contributed by atoms with E-state index in [9.17, 15) is 14.3 Å². The SMILES string of the molecule is O=C(O)c1cc(C2CCNC2)nc2cc(F)ccc12. The van der Waals surface area contributed by atoms with Crippen molar-refractivity contribution in [2.24, 2.45) is 0 Å². The number of nitrogens with zero attached hydrogens (tertiary/aromatic N) is 1. The average molecular weight is 260 g/mol. The largest absolute Gasteiger partial charge is 0.478 e. The van der Waals surface area contributed by atoms with E-state index < -0.39 is 11.8 Å². The maximum atomic E-state index is 13.3. The molecule has 1 aliphatic heterocycles. The molecule has 1 saturated heterocycles. The van der Waals surface area contributed by atoms with Gasteiger partial charge >= 0.3 is 5.97 Å². The van der Waals surface area contributed by atoms with Crippen LogP contribution in [0.2, 0.25) is 0 Å². The van der Waals surface area contributed by atoms with Crippen LogP contribution in [0.3, 0.4) is 0 Å². The van der Waals surface area contributed by atoms with Crippen LogP contribution in [-0.2, 0) is 0 Å². The van der Waals surface area contributed by atoms with Crippen LogP contribution in [-0.4, -0.2) is 29.1 Å². The number of hydrogen-bond acceptors (Lipinski definition) is 3. The molecule has 1 atom stereocenters. The summed E-state index contributed by atoms with van der Waals surface area (Å²) in [6.45, 7) is 1.68. The van der Waals surface area contributed by atoms with Crippen molar-refractivity contribution in [1.29, 1.82) is 0 Å². The Kier molecular flexibility index (Phi) is 2.91. The van der Waals surface area contributed by atoms with E-state index in [1.165, 1.54) is 18.2 Å². The molecule has 2 heterocycles. The number of carboxylic acid groups (broad SMARTS) is 1. The van der Waals surface area contributed by atoms with Crippen LogP contribution in [0.15, 0.2) is 24.3 Å². The Morgan fingerprint density at radius 1 is 1.42 bits per heavy atom. The molecule has 3 rings (SSSR count). The summed E-state index contributed by atoms with van der Waals surface area (Å²) < 4.78 is 13.3. The van der Waals surface area contributed by atoms with Gasteiger partial charge in [0, 0.05) is 29.6 Å². The van der Waals surface area contributed by atoms with Crippen LogP contribution in [0, 0.1) is 5.82 Å². The van der Waals surface area contributed by atoms with Crippen molar-refractivity contribution in [3.63, 3.8) is 0 Å². The van der Waals surface area contributed by atoms with Gasteiger partial charge in [-0.05, 0) is 31.2 Å². The third-order valence-electron chi connectivity index (χ3n) is 3.50. The molecule has 0 bridgehead atoms. The van der Waals surface area contributed by atoms with E-state index in [4.69, 9.17) is 0 Å². The molecule has 0 spiro atoms. The smallest absolute Gasteiger partial charge is 0.336 e. The molecule has 0 amide bonds.